The summed E-state index contributed by atoms with van der Waals surface area (Å²) in [6, 6.07) is 1.66. The molecule has 2 aliphatic rings. The predicted octanol–water partition coefficient (Wildman–Crippen LogP) is 1.72. The Balaban J connectivity index is 1.42. The molecule has 0 saturated carbocycles. The molecule has 30 heavy (non-hydrogen) atoms. The van der Waals surface area contributed by atoms with Gasteiger partial charge in [0.1, 0.15) is 0 Å². The van der Waals surface area contributed by atoms with E-state index >= 15 is 0 Å². The van der Waals surface area contributed by atoms with Gasteiger partial charge in [-0.15, -0.1) is 10.2 Å². The molecule has 2 aromatic heterocycles. The lowest BCUT2D eigenvalue weighted by molar-refractivity contribution is 0.102. The van der Waals surface area contributed by atoms with Crippen LogP contribution >= 0.6 is 11.8 Å². The molecule has 0 amide bonds. The smallest absolute Gasteiger partial charge is 0.277 e. The highest BCUT2D eigenvalue weighted by Gasteiger charge is 2.33. The number of thioether (sulfide) groups is 1. The Morgan fingerprint density at radius 3 is 2.47 bits per heavy atom. The van der Waals surface area contributed by atoms with Crippen LogP contribution in [0.25, 0.3) is 0 Å². The van der Waals surface area contributed by atoms with E-state index in [1.165, 1.54) is 0 Å². The van der Waals surface area contributed by atoms with Crippen molar-refractivity contribution >= 4 is 37.2 Å². The molecule has 0 bridgehead atoms. The molecular weight excluding hydrogens is 450 g/mol. The van der Waals surface area contributed by atoms with Gasteiger partial charge in [0.2, 0.25) is 5.89 Å². The summed E-state index contributed by atoms with van der Waals surface area (Å²) in [7, 11) is -6.07. The van der Waals surface area contributed by atoms with Crippen molar-refractivity contribution in [3.05, 3.63) is 28.9 Å². The highest BCUT2D eigenvalue weighted by Crippen LogP contribution is 2.31. The molecule has 0 N–H and O–H groups in total. The number of rotatable bonds is 6. The third kappa shape index (κ3) is 4.35. The zero-order valence-corrected chi connectivity index (χ0v) is 19.1. The van der Waals surface area contributed by atoms with Crippen LogP contribution in [0.15, 0.2) is 15.7 Å². The minimum absolute atomic E-state index is 0.0150. The van der Waals surface area contributed by atoms with Crippen molar-refractivity contribution in [2.45, 2.75) is 43.9 Å². The van der Waals surface area contributed by atoms with Crippen molar-refractivity contribution in [3.8, 4) is 0 Å². The summed E-state index contributed by atoms with van der Waals surface area (Å²) in [5.74, 6) is 0.421. The van der Waals surface area contributed by atoms with E-state index in [0.29, 0.717) is 24.3 Å². The summed E-state index contributed by atoms with van der Waals surface area (Å²) in [5.41, 5.74) is 2.19. The molecule has 0 radical (unpaired) electrons. The van der Waals surface area contributed by atoms with Crippen LogP contribution in [0.5, 0.6) is 0 Å². The van der Waals surface area contributed by atoms with Gasteiger partial charge in [-0.25, -0.2) is 16.8 Å². The lowest BCUT2D eigenvalue weighted by atomic mass is 10.1. The molecule has 2 saturated heterocycles. The van der Waals surface area contributed by atoms with Gasteiger partial charge in [0.25, 0.3) is 5.22 Å². The molecular formula is C18H23N3O6S3. The van der Waals surface area contributed by atoms with Gasteiger partial charge in [-0.1, -0.05) is 11.8 Å². The molecule has 12 heteroatoms. The lowest BCUT2D eigenvalue weighted by Crippen LogP contribution is -2.14. The Hall–Kier alpha value is -1.66. The monoisotopic (exact) mass is 473 g/mol. The quantitative estimate of drug-likeness (QED) is 0.455. The summed E-state index contributed by atoms with van der Waals surface area (Å²) < 4.78 is 54.4. The Kier molecular flexibility index (Phi) is 5.60. The van der Waals surface area contributed by atoms with Crippen LogP contribution in [0.4, 0.5) is 0 Å². The maximum Gasteiger partial charge on any atom is 0.277 e. The zero-order chi connectivity index (χ0) is 21.7. The summed E-state index contributed by atoms with van der Waals surface area (Å²) in [4.78, 5) is 12.8. The first-order chi connectivity index (χ1) is 14.0. The molecule has 9 nitrogen and oxygen atoms in total. The van der Waals surface area contributed by atoms with Crippen LogP contribution in [-0.4, -0.2) is 66.1 Å². The van der Waals surface area contributed by atoms with Crippen LogP contribution in [-0.2, 0) is 19.7 Å². The number of sulfone groups is 2. The third-order valence-electron chi connectivity index (χ3n) is 5.69. The third-order valence-corrected chi connectivity index (χ3v) is 10.0. The fourth-order valence-corrected chi connectivity index (χ4v) is 8.32. The number of ketones is 1. The van der Waals surface area contributed by atoms with E-state index < -0.39 is 19.7 Å². The van der Waals surface area contributed by atoms with Gasteiger partial charge in [-0.3, -0.25) is 4.79 Å². The average molecular weight is 474 g/mol. The SMILES string of the molecule is Cc1cc(C(=O)CSc2nnc(C3CCS(=O)(=O)C3)o2)c(C)n1C1CCS(=O)(=O)C1. The van der Waals surface area contributed by atoms with Crippen molar-refractivity contribution in [1.29, 1.82) is 0 Å². The summed E-state index contributed by atoms with van der Waals surface area (Å²) >= 11 is 1.11. The number of Topliss-reactive ketones (excluding diaryl/α,β-unsaturated/α-hetero) is 1. The van der Waals surface area contributed by atoms with Gasteiger partial charge in [0.05, 0.1) is 34.7 Å². The van der Waals surface area contributed by atoms with E-state index in [9.17, 15) is 21.6 Å². The highest BCUT2D eigenvalue weighted by molar-refractivity contribution is 7.99. The first kappa shape index (κ1) is 21.6. The van der Waals surface area contributed by atoms with Gasteiger partial charge in [-0.05, 0) is 32.8 Å². The largest absolute Gasteiger partial charge is 0.416 e. The molecule has 2 fully saturated rings. The maximum absolute atomic E-state index is 12.8. The van der Waals surface area contributed by atoms with Crippen molar-refractivity contribution in [2.75, 3.05) is 28.8 Å². The standard InChI is InChI=1S/C18H23N3O6S3/c1-11-7-15(12(2)21(11)14-4-6-30(25,26)10-14)16(22)8-28-18-20-19-17(27-18)13-3-5-29(23,24)9-13/h7,13-14H,3-6,8-10H2,1-2H3. The molecule has 2 aliphatic heterocycles. The van der Waals surface area contributed by atoms with E-state index in [1.54, 1.807) is 6.07 Å². The second kappa shape index (κ2) is 7.79. The summed E-state index contributed by atoms with van der Waals surface area (Å²) in [5, 5.41) is 8.10. The molecule has 164 valence electrons. The van der Waals surface area contributed by atoms with Crippen LogP contribution in [0.2, 0.25) is 0 Å². The van der Waals surface area contributed by atoms with E-state index in [0.717, 1.165) is 23.1 Å². The molecule has 4 heterocycles. The van der Waals surface area contributed by atoms with E-state index in [-0.39, 0.29) is 51.7 Å². The molecule has 0 aromatic carbocycles. The Bertz CT molecular complexity index is 1200. The van der Waals surface area contributed by atoms with Crippen LogP contribution in [0.3, 0.4) is 0 Å². The van der Waals surface area contributed by atoms with E-state index in [4.69, 9.17) is 4.42 Å². The minimum atomic E-state index is -3.05. The second-order valence-corrected chi connectivity index (χ2v) is 13.3. The highest BCUT2D eigenvalue weighted by atomic mass is 32.2. The first-order valence-electron chi connectivity index (χ1n) is 9.63. The van der Waals surface area contributed by atoms with Crippen LogP contribution < -0.4 is 0 Å². The lowest BCUT2D eigenvalue weighted by Gasteiger charge is -2.16. The average Bonchev–Trinajstić information content (AvgIpc) is 3.40. The number of hydrogen-bond donors (Lipinski definition) is 0. The normalized spacial score (nSPS) is 25.0. The van der Waals surface area contributed by atoms with Crippen molar-refractivity contribution in [3.63, 3.8) is 0 Å². The molecule has 2 unspecified atom stereocenters. The number of hydrogen-bond acceptors (Lipinski definition) is 9. The van der Waals surface area contributed by atoms with Crippen molar-refractivity contribution in [1.82, 2.24) is 14.8 Å². The first-order valence-corrected chi connectivity index (χ1v) is 14.3. The number of aromatic nitrogens is 3. The number of nitrogens with zero attached hydrogens (tertiary/aromatic N) is 3. The van der Waals surface area contributed by atoms with Crippen LogP contribution in [0.1, 0.15) is 52.4 Å². The van der Waals surface area contributed by atoms with Gasteiger partial charge in [-0.2, -0.15) is 0 Å². The summed E-state index contributed by atoms with van der Waals surface area (Å²) in [6.45, 7) is 3.71. The second-order valence-electron chi connectivity index (χ2n) is 7.93. The van der Waals surface area contributed by atoms with Crippen LogP contribution in [0, 0.1) is 13.8 Å². The molecule has 2 atom stereocenters. The van der Waals surface area contributed by atoms with Gasteiger partial charge in [0, 0.05) is 23.0 Å². The molecule has 0 aliphatic carbocycles. The summed E-state index contributed by atoms with van der Waals surface area (Å²) in [6.07, 6.45) is 1.03. The fraction of sp³-hybridized carbons (Fsp3) is 0.611. The van der Waals surface area contributed by atoms with Gasteiger partial charge in [0.15, 0.2) is 25.5 Å². The van der Waals surface area contributed by atoms with Gasteiger partial charge < -0.3 is 8.98 Å². The van der Waals surface area contributed by atoms with Gasteiger partial charge >= 0.3 is 0 Å². The van der Waals surface area contributed by atoms with Crippen molar-refractivity contribution in [2.24, 2.45) is 0 Å². The Morgan fingerprint density at radius 2 is 1.83 bits per heavy atom. The predicted molar refractivity (Wildman–Crippen MR) is 112 cm³/mol. The molecule has 4 rings (SSSR count). The van der Waals surface area contributed by atoms with E-state index in [2.05, 4.69) is 10.2 Å². The molecule has 0 spiro atoms. The fourth-order valence-electron chi connectivity index (χ4n) is 4.24. The Labute approximate surface area is 179 Å². The maximum atomic E-state index is 12.8. The topological polar surface area (TPSA) is 129 Å². The zero-order valence-electron chi connectivity index (χ0n) is 16.7. The van der Waals surface area contributed by atoms with E-state index in [1.807, 2.05) is 18.4 Å². The minimum Gasteiger partial charge on any atom is -0.416 e. The number of carbonyl (C=O) groups is 1. The van der Waals surface area contributed by atoms with Crippen molar-refractivity contribution < 1.29 is 26.0 Å². The number of carbonyl (C=O) groups excluding carboxylic acids is 1. The Morgan fingerprint density at radius 1 is 1.13 bits per heavy atom. The number of aryl methyl sites for hydroxylation is 1. The molecule has 2 aromatic rings.